The van der Waals surface area contributed by atoms with E-state index in [9.17, 15) is 22.0 Å². The number of nitrogens with zero attached hydrogens (tertiary/aromatic N) is 4. The van der Waals surface area contributed by atoms with Gasteiger partial charge in [0.15, 0.2) is 0 Å². The summed E-state index contributed by atoms with van der Waals surface area (Å²) in [6.45, 7) is 5.48. The molecule has 1 unspecified atom stereocenters. The van der Waals surface area contributed by atoms with Gasteiger partial charge in [-0.15, -0.1) is 0 Å². The zero-order valence-electron chi connectivity index (χ0n) is 20.6. The van der Waals surface area contributed by atoms with Crippen molar-refractivity contribution in [2.75, 3.05) is 31.6 Å². The SMILES string of the molecule is CC(C)CN(C)S(=O)(=O)NC(=O)c1cnn2ccc(N3CCCC(Cc4cc(F)ccc4F)C3)cc12. The van der Waals surface area contributed by atoms with Crippen LogP contribution in [0.3, 0.4) is 0 Å². The fraction of sp³-hybridized carbons (Fsp3) is 0.440. The molecule has 4 rings (SSSR count). The third-order valence-electron chi connectivity index (χ3n) is 6.40. The highest BCUT2D eigenvalue weighted by Crippen LogP contribution is 2.28. The number of pyridine rings is 1. The standard InChI is InChI=1S/C25H31F2N5O3S/c1-17(2)15-30(3)36(34,35)29-25(33)22-14-28-32-10-8-21(13-24(22)32)31-9-4-5-18(16-31)11-19-12-20(26)6-7-23(19)27/h6-8,10,12-14,17-18H,4-5,9,11,15-16H2,1-3H3,(H,29,33). The second kappa shape index (κ2) is 10.5. The second-order valence-electron chi connectivity index (χ2n) is 9.78. The van der Waals surface area contributed by atoms with Crippen molar-refractivity contribution in [3.8, 4) is 0 Å². The van der Waals surface area contributed by atoms with Crippen molar-refractivity contribution in [1.82, 2.24) is 18.6 Å². The first-order valence-corrected chi connectivity index (χ1v) is 13.4. The number of fused-ring (bicyclic) bond motifs is 1. The number of nitrogens with one attached hydrogen (secondary N) is 1. The van der Waals surface area contributed by atoms with Gasteiger partial charge >= 0.3 is 10.2 Å². The van der Waals surface area contributed by atoms with E-state index in [1.54, 1.807) is 12.3 Å². The van der Waals surface area contributed by atoms with E-state index in [0.717, 1.165) is 41.5 Å². The number of rotatable bonds is 8. The van der Waals surface area contributed by atoms with Crippen LogP contribution in [-0.2, 0) is 16.6 Å². The number of carbonyl (C=O) groups excluding carboxylic acids is 1. The second-order valence-corrected chi connectivity index (χ2v) is 11.6. The van der Waals surface area contributed by atoms with E-state index in [4.69, 9.17) is 0 Å². The zero-order valence-corrected chi connectivity index (χ0v) is 21.4. The molecule has 36 heavy (non-hydrogen) atoms. The van der Waals surface area contributed by atoms with Gasteiger partial charge in [0, 0.05) is 38.6 Å². The molecule has 8 nitrogen and oxygen atoms in total. The van der Waals surface area contributed by atoms with E-state index >= 15 is 0 Å². The van der Waals surface area contributed by atoms with Crippen molar-refractivity contribution < 1.29 is 22.0 Å². The summed E-state index contributed by atoms with van der Waals surface area (Å²) < 4.78 is 57.6. The Morgan fingerprint density at radius 1 is 1.25 bits per heavy atom. The Balaban J connectivity index is 1.52. The number of aromatic nitrogens is 2. The van der Waals surface area contributed by atoms with Gasteiger partial charge in [-0.1, -0.05) is 13.8 Å². The van der Waals surface area contributed by atoms with Crippen LogP contribution in [0.1, 0.15) is 42.6 Å². The molecule has 1 atom stereocenters. The average Bonchev–Trinajstić information content (AvgIpc) is 3.24. The number of halogens is 2. The summed E-state index contributed by atoms with van der Waals surface area (Å²) in [5, 5.41) is 4.19. The highest BCUT2D eigenvalue weighted by molar-refractivity contribution is 7.87. The predicted octanol–water partition coefficient (Wildman–Crippen LogP) is 3.63. The monoisotopic (exact) mass is 519 g/mol. The summed E-state index contributed by atoms with van der Waals surface area (Å²) in [6, 6.07) is 7.21. The fourth-order valence-corrected chi connectivity index (χ4v) is 5.67. The van der Waals surface area contributed by atoms with Crippen molar-refractivity contribution in [2.24, 2.45) is 11.8 Å². The molecule has 0 radical (unpaired) electrons. The highest BCUT2D eigenvalue weighted by atomic mass is 32.2. The molecule has 11 heteroatoms. The summed E-state index contributed by atoms with van der Waals surface area (Å²) in [5.74, 6) is -1.37. The topological polar surface area (TPSA) is 87.0 Å². The normalized spacial score (nSPS) is 16.8. The minimum atomic E-state index is -3.99. The molecular formula is C25H31F2N5O3S. The molecule has 1 amide bonds. The van der Waals surface area contributed by atoms with Crippen molar-refractivity contribution in [3.63, 3.8) is 0 Å². The molecule has 1 saturated heterocycles. The lowest BCUT2D eigenvalue weighted by atomic mass is 9.90. The van der Waals surface area contributed by atoms with E-state index in [-0.39, 0.29) is 23.9 Å². The minimum absolute atomic E-state index is 0.104. The largest absolute Gasteiger partial charge is 0.371 e. The Bertz CT molecular complexity index is 1360. The number of piperidine rings is 1. The van der Waals surface area contributed by atoms with Gasteiger partial charge < -0.3 is 4.90 Å². The van der Waals surface area contributed by atoms with Crippen LogP contribution < -0.4 is 9.62 Å². The Labute approximate surface area is 210 Å². The van der Waals surface area contributed by atoms with Crippen LogP contribution in [0, 0.1) is 23.5 Å². The van der Waals surface area contributed by atoms with E-state index in [1.165, 1.54) is 23.8 Å². The van der Waals surface area contributed by atoms with Gasteiger partial charge in [-0.25, -0.2) is 18.0 Å². The molecule has 3 heterocycles. The summed E-state index contributed by atoms with van der Waals surface area (Å²) in [4.78, 5) is 15.0. The quantitative estimate of drug-likeness (QED) is 0.491. The first-order chi connectivity index (χ1) is 17.0. The van der Waals surface area contributed by atoms with Gasteiger partial charge in [0.1, 0.15) is 11.6 Å². The molecule has 1 N–H and O–H groups in total. The average molecular weight is 520 g/mol. The molecule has 0 saturated carbocycles. The number of hydrogen-bond donors (Lipinski definition) is 1. The summed E-state index contributed by atoms with van der Waals surface area (Å²) >= 11 is 0. The van der Waals surface area contributed by atoms with Crippen molar-refractivity contribution >= 4 is 27.3 Å². The van der Waals surface area contributed by atoms with Crippen LogP contribution in [0.5, 0.6) is 0 Å². The lowest BCUT2D eigenvalue weighted by Crippen LogP contribution is -2.42. The van der Waals surface area contributed by atoms with Crippen LogP contribution in [0.4, 0.5) is 14.5 Å². The van der Waals surface area contributed by atoms with Gasteiger partial charge in [0.25, 0.3) is 5.91 Å². The molecule has 1 fully saturated rings. The van der Waals surface area contributed by atoms with Gasteiger partial charge in [-0.05, 0) is 67.0 Å². The molecule has 1 aliphatic rings. The summed E-state index contributed by atoms with van der Waals surface area (Å²) in [6.07, 6.45) is 5.29. The zero-order chi connectivity index (χ0) is 26.0. The van der Waals surface area contributed by atoms with Crippen LogP contribution in [0.15, 0.2) is 42.7 Å². The predicted molar refractivity (Wildman–Crippen MR) is 134 cm³/mol. The van der Waals surface area contributed by atoms with Gasteiger partial charge in [-0.3, -0.25) is 4.79 Å². The molecule has 0 bridgehead atoms. The Morgan fingerprint density at radius 3 is 2.78 bits per heavy atom. The lowest BCUT2D eigenvalue weighted by molar-refractivity contribution is 0.0980. The third-order valence-corrected chi connectivity index (χ3v) is 7.82. The number of carbonyl (C=O) groups is 1. The molecular weight excluding hydrogens is 488 g/mol. The Hall–Kier alpha value is -3.05. The van der Waals surface area contributed by atoms with Crippen LogP contribution in [0.25, 0.3) is 5.52 Å². The maximum Gasteiger partial charge on any atom is 0.303 e. The Morgan fingerprint density at radius 2 is 2.03 bits per heavy atom. The first-order valence-electron chi connectivity index (χ1n) is 12.0. The molecule has 1 aliphatic heterocycles. The molecule has 1 aromatic carbocycles. The van der Waals surface area contributed by atoms with Crippen LogP contribution >= 0.6 is 0 Å². The Kier molecular flexibility index (Phi) is 7.60. The summed E-state index contributed by atoms with van der Waals surface area (Å²) in [7, 11) is -2.57. The number of hydrogen-bond acceptors (Lipinski definition) is 5. The van der Waals surface area contributed by atoms with Crippen molar-refractivity contribution in [3.05, 3.63) is 65.5 Å². The third kappa shape index (κ3) is 5.84. The first kappa shape index (κ1) is 26.0. The molecule has 2 aromatic heterocycles. The van der Waals surface area contributed by atoms with Crippen LogP contribution in [-0.4, -0.2) is 54.9 Å². The highest BCUT2D eigenvalue weighted by Gasteiger charge is 2.25. The van der Waals surface area contributed by atoms with Crippen LogP contribution in [0.2, 0.25) is 0 Å². The lowest BCUT2D eigenvalue weighted by Gasteiger charge is -2.34. The van der Waals surface area contributed by atoms with Crippen molar-refractivity contribution in [2.45, 2.75) is 33.1 Å². The maximum absolute atomic E-state index is 14.2. The van der Waals surface area contributed by atoms with E-state index in [0.29, 0.717) is 24.0 Å². The van der Waals surface area contributed by atoms with Gasteiger partial charge in [0.2, 0.25) is 0 Å². The fourth-order valence-electron chi connectivity index (χ4n) is 4.68. The number of amides is 1. The van der Waals surface area contributed by atoms with E-state index in [1.807, 2.05) is 19.9 Å². The molecule has 3 aromatic rings. The van der Waals surface area contributed by atoms with E-state index in [2.05, 4.69) is 14.7 Å². The molecule has 0 spiro atoms. The molecule has 194 valence electrons. The van der Waals surface area contributed by atoms with Gasteiger partial charge in [0.05, 0.1) is 17.3 Å². The van der Waals surface area contributed by atoms with Crippen molar-refractivity contribution in [1.29, 1.82) is 0 Å². The maximum atomic E-state index is 14.2. The smallest absolute Gasteiger partial charge is 0.303 e. The molecule has 0 aliphatic carbocycles. The van der Waals surface area contributed by atoms with E-state index < -0.39 is 27.8 Å². The minimum Gasteiger partial charge on any atom is -0.371 e. The summed E-state index contributed by atoms with van der Waals surface area (Å²) in [5.41, 5.74) is 1.84. The number of benzene rings is 1. The van der Waals surface area contributed by atoms with Gasteiger partial charge in [-0.2, -0.15) is 17.8 Å². The number of anilines is 1.